The Labute approximate surface area is 132 Å². The van der Waals surface area contributed by atoms with Crippen molar-refractivity contribution < 1.29 is 30.4 Å². The number of aliphatic hydroxyl groups excluding tert-OH is 1. The number of ether oxygens (including phenoxy) is 2. The quantitative estimate of drug-likeness (QED) is 0.901. The molecule has 0 saturated carbocycles. The van der Waals surface area contributed by atoms with E-state index in [0.29, 0.717) is 12.2 Å². The van der Waals surface area contributed by atoms with Crippen LogP contribution in [0.2, 0.25) is 0 Å². The molecule has 3 rings (SSSR count). The van der Waals surface area contributed by atoms with Crippen molar-refractivity contribution in [2.75, 3.05) is 19.9 Å². The van der Waals surface area contributed by atoms with E-state index in [4.69, 9.17) is 9.47 Å². The van der Waals surface area contributed by atoms with Gasteiger partial charge in [0.15, 0.2) is 0 Å². The molecule has 0 radical (unpaired) electrons. The minimum absolute atomic E-state index is 0.259. The number of likely N-dealkylation sites (tertiary alicyclic amines) is 1. The standard InChI is InChI=1S/C16H19NO3.Cr/c18-14(5-1-2-8-17-9-3-4-10-17)13-6-7-15-16(11-13)20-12-19-15;/h1-2,6-7,11,14,18H,3-5,9-10,12H2;/b2-1+;. The minimum atomic E-state index is -0.526. The Hall–Kier alpha value is -1.12. The molecule has 112 valence electrons. The zero-order valence-electron chi connectivity index (χ0n) is 11.8. The number of nitrogens with zero attached hydrogens (tertiary/aromatic N) is 1. The number of aliphatic hydroxyl groups is 1. The van der Waals surface area contributed by atoms with E-state index in [2.05, 4.69) is 26.8 Å². The Morgan fingerprint density at radius 1 is 1.29 bits per heavy atom. The maximum atomic E-state index is 10.2. The van der Waals surface area contributed by atoms with Crippen LogP contribution in [-0.2, 0) is 15.9 Å². The molecule has 1 unspecified atom stereocenters. The monoisotopic (exact) mass is 325 g/mol. The maximum absolute atomic E-state index is 10.2. The van der Waals surface area contributed by atoms with Crippen LogP contribution in [0.25, 0.3) is 0 Å². The molecule has 0 bridgehead atoms. The molecule has 1 atom stereocenters. The van der Waals surface area contributed by atoms with Gasteiger partial charge in [0.2, 0.25) is 0 Å². The summed E-state index contributed by atoms with van der Waals surface area (Å²) in [6.45, 7) is 2.50. The molecule has 1 aromatic rings. The van der Waals surface area contributed by atoms with Crippen LogP contribution >= 0.6 is 0 Å². The van der Waals surface area contributed by atoms with Gasteiger partial charge in [-0.15, -0.1) is 0 Å². The number of rotatable bonds is 5. The van der Waals surface area contributed by atoms with Crippen molar-refractivity contribution in [3.8, 4) is 11.5 Å². The van der Waals surface area contributed by atoms with Crippen molar-refractivity contribution in [3.63, 3.8) is 0 Å². The first-order valence-electron chi connectivity index (χ1n) is 7.27. The van der Waals surface area contributed by atoms with E-state index < -0.39 is 6.10 Å². The van der Waals surface area contributed by atoms with Gasteiger partial charge < -0.3 is 0 Å². The Morgan fingerprint density at radius 2 is 2.05 bits per heavy atom. The normalized spacial score (nSPS) is 19.3. The molecule has 2 aliphatic heterocycles. The fraction of sp³-hybridized carbons (Fsp3) is 0.438. The van der Waals surface area contributed by atoms with Crippen LogP contribution in [0, 0.1) is 0 Å². The van der Waals surface area contributed by atoms with Crippen LogP contribution in [0.1, 0.15) is 30.9 Å². The number of benzene rings is 1. The molecule has 4 nitrogen and oxygen atoms in total. The Bertz CT molecular complexity index is 552. The van der Waals surface area contributed by atoms with Crippen LogP contribution in [0.5, 0.6) is 11.5 Å². The van der Waals surface area contributed by atoms with Gasteiger partial charge in [0, 0.05) is 0 Å². The van der Waals surface area contributed by atoms with Crippen LogP contribution in [-0.4, -0.2) is 34.4 Å². The summed E-state index contributed by atoms with van der Waals surface area (Å²) < 4.78 is 11.8. The van der Waals surface area contributed by atoms with Crippen LogP contribution in [0.4, 0.5) is 0 Å². The fourth-order valence-corrected chi connectivity index (χ4v) is 3.03. The van der Waals surface area contributed by atoms with E-state index in [-0.39, 0.29) is 6.79 Å². The van der Waals surface area contributed by atoms with Crippen molar-refractivity contribution in [1.29, 1.82) is 0 Å². The first-order chi connectivity index (χ1) is 10.2. The Kier molecular flexibility index (Phi) is 4.77. The van der Waals surface area contributed by atoms with E-state index in [1.807, 2.05) is 24.3 Å². The van der Waals surface area contributed by atoms with E-state index in [1.165, 1.54) is 12.8 Å². The van der Waals surface area contributed by atoms with Gasteiger partial charge in [-0.3, -0.25) is 0 Å². The molecule has 1 fully saturated rings. The van der Waals surface area contributed by atoms with Gasteiger partial charge in [-0.1, -0.05) is 0 Å². The second-order valence-electron chi connectivity index (χ2n) is 5.30. The second kappa shape index (κ2) is 6.76. The summed E-state index contributed by atoms with van der Waals surface area (Å²) in [7, 11) is 0. The summed E-state index contributed by atoms with van der Waals surface area (Å²) in [4.78, 5) is 2.34. The van der Waals surface area contributed by atoms with Gasteiger partial charge in [0.1, 0.15) is 0 Å². The van der Waals surface area contributed by atoms with Crippen molar-refractivity contribution in [2.45, 2.75) is 25.4 Å². The summed E-state index contributed by atoms with van der Waals surface area (Å²) in [6, 6.07) is 5.58. The fourth-order valence-electron chi connectivity index (χ4n) is 2.60. The molecule has 21 heavy (non-hydrogen) atoms. The van der Waals surface area contributed by atoms with E-state index in [0.717, 1.165) is 28.9 Å². The van der Waals surface area contributed by atoms with Gasteiger partial charge >= 0.3 is 132 Å². The summed E-state index contributed by atoms with van der Waals surface area (Å²) in [5.74, 6) is 1.46. The average molecular weight is 325 g/mol. The topological polar surface area (TPSA) is 41.9 Å². The summed E-state index contributed by atoms with van der Waals surface area (Å²) in [6.07, 6.45) is 6.65. The Balaban J connectivity index is 1.56. The molecule has 0 spiro atoms. The first-order valence-corrected chi connectivity index (χ1v) is 7.91. The summed E-state index contributed by atoms with van der Waals surface area (Å²) >= 11 is 3.10. The molecule has 1 aromatic carbocycles. The zero-order chi connectivity index (χ0) is 14.7. The van der Waals surface area contributed by atoms with Crippen LogP contribution in [0.3, 0.4) is 0 Å². The second-order valence-corrected chi connectivity index (χ2v) is 5.95. The molecule has 1 N–H and O–H groups in total. The van der Waals surface area contributed by atoms with Gasteiger partial charge in [-0.25, -0.2) is 0 Å². The van der Waals surface area contributed by atoms with E-state index in [9.17, 15) is 5.11 Å². The third kappa shape index (κ3) is 3.56. The van der Waals surface area contributed by atoms with E-state index in [1.54, 1.807) is 0 Å². The molecule has 2 aliphatic rings. The first kappa shape index (κ1) is 14.8. The third-order valence-electron chi connectivity index (χ3n) is 3.82. The number of hydrogen-bond acceptors (Lipinski definition) is 4. The zero-order valence-corrected chi connectivity index (χ0v) is 13.1. The molecule has 2 heterocycles. The van der Waals surface area contributed by atoms with Crippen molar-refractivity contribution >= 4 is 4.50 Å². The Morgan fingerprint density at radius 3 is 2.86 bits per heavy atom. The average Bonchev–Trinajstić information content (AvgIpc) is 3.17. The van der Waals surface area contributed by atoms with Crippen molar-refractivity contribution in [3.05, 3.63) is 35.9 Å². The van der Waals surface area contributed by atoms with Crippen molar-refractivity contribution in [1.82, 2.24) is 4.90 Å². The molecule has 0 aliphatic carbocycles. The SMILES string of the molecule is OC(C/C=C/[C](=[Cr])N1CCCC1)c1ccc2c(c1)OCO2. The van der Waals surface area contributed by atoms with E-state index >= 15 is 0 Å². The van der Waals surface area contributed by atoms with Gasteiger partial charge in [0.05, 0.1) is 0 Å². The number of hydrogen-bond donors (Lipinski definition) is 1. The van der Waals surface area contributed by atoms with Crippen LogP contribution in [0.15, 0.2) is 30.4 Å². The predicted molar refractivity (Wildman–Crippen MR) is 77.1 cm³/mol. The predicted octanol–water partition coefficient (Wildman–Crippen LogP) is 2.17. The molecule has 0 amide bonds. The molecule has 5 heteroatoms. The summed E-state index contributed by atoms with van der Waals surface area (Å²) in [5, 5.41) is 10.2. The molecule has 1 saturated heterocycles. The number of fused-ring (bicyclic) bond motifs is 1. The van der Waals surface area contributed by atoms with Gasteiger partial charge in [-0.2, -0.15) is 0 Å². The molecule has 0 aromatic heterocycles. The molecular weight excluding hydrogens is 306 g/mol. The van der Waals surface area contributed by atoms with Crippen LogP contribution < -0.4 is 9.47 Å². The molecular formula is C16H19CrNO3. The van der Waals surface area contributed by atoms with Gasteiger partial charge in [-0.05, 0) is 0 Å². The van der Waals surface area contributed by atoms with Gasteiger partial charge in [0.25, 0.3) is 0 Å². The van der Waals surface area contributed by atoms with Crippen molar-refractivity contribution in [2.24, 2.45) is 0 Å². The summed E-state index contributed by atoms with van der Waals surface area (Å²) in [5.41, 5.74) is 0.853. The third-order valence-corrected chi connectivity index (χ3v) is 4.43.